The van der Waals surface area contributed by atoms with Gasteiger partial charge in [0.05, 0.1) is 12.2 Å². The van der Waals surface area contributed by atoms with Crippen molar-refractivity contribution in [3.8, 4) is 11.5 Å². The number of benzene rings is 2. The molecule has 2 heterocycles. The van der Waals surface area contributed by atoms with Crippen LogP contribution in [0.25, 0.3) is 6.08 Å². The van der Waals surface area contributed by atoms with Crippen molar-refractivity contribution in [3.63, 3.8) is 0 Å². The van der Waals surface area contributed by atoms with Gasteiger partial charge in [0.2, 0.25) is 5.17 Å². The van der Waals surface area contributed by atoms with E-state index in [0.29, 0.717) is 34.4 Å². The largest absolute Gasteiger partial charge is 0.490 e. The monoisotopic (exact) mass is 466 g/mol. The van der Waals surface area contributed by atoms with Crippen molar-refractivity contribution >= 4 is 39.8 Å². The molecule has 2 aromatic rings. The SMILES string of the molecule is CCOc1cc(/C=C2\C(=N)N3N=C(C(C)C)SC3=NC2=O)ccc1OCc1ccccc1F. The Morgan fingerprint density at radius 2 is 1.97 bits per heavy atom. The van der Waals surface area contributed by atoms with E-state index in [1.807, 2.05) is 20.8 Å². The molecule has 0 aromatic heterocycles. The number of rotatable bonds is 7. The fraction of sp³-hybridized carbons (Fsp3) is 0.250. The van der Waals surface area contributed by atoms with Gasteiger partial charge in [-0.3, -0.25) is 10.2 Å². The van der Waals surface area contributed by atoms with Gasteiger partial charge in [0, 0.05) is 11.5 Å². The summed E-state index contributed by atoms with van der Waals surface area (Å²) >= 11 is 1.31. The number of hydrazone groups is 1. The van der Waals surface area contributed by atoms with Crippen LogP contribution < -0.4 is 9.47 Å². The first-order chi connectivity index (χ1) is 15.9. The lowest BCUT2D eigenvalue weighted by Gasteiger charge is -2.20. The molecule has 0 spiro atoms. The molecule has 0 saturated carbocycles. The minimum Gasteiger partial charge on any atom is -0.490 e. The van der Waals surface area contributed by atoms with Gasteiger partial charge >= 0.3 is 0 Å². The van der Waals surface area contributed by atoms with Crippen LogP contribution in [0.15, 0.2) is 58.1 Å². The Kier molecular flexibility index (Phi) is 6.60. The van der Waals surface area contributed by atoms with Gasteiger partial charge in [-0.25, -0.2) is 4.39 Å². The van der Waals surface area contributed by atoms with E-state index in [1.54, 1.807) is 42.5 Å². The number of amides is 1. The molecule has 170 valence electrons. The van der Waals surface area contributed by atoms with E-state index in [2.05, 4.69) is 10.1 Å². The lowest BCUT2D eigenvalue weighted by molar-refractivity contribution is -0.114. The molecule has 0 aliphatic carbocycles. The zero-order chi connectivity index (χ0) is 23.5. The van der Waals surface area contributed by atoms with Crippen molar-refractivity contribution in [2.24, 2.45) is 16.0 Å². The second kappa shape index (κ2) is 9.58. The van der Waals surface area contributed by atoms with Gasteiger partial charge in [0.15, 0.2) is 17.3 Å². The van der Waals surface area contributed by atoms with Gasteiger partial charge in [-0.2, -0.15) is 15.1 Å². The molecule has 7 nitrogen and oxygen atoms in total. The summed E-state index contributed by atoms with van der Waals surface area (Å²) in [6, 6.07) is 11.6. The maximum absolute atomic E-state index is 13.9. The smallest absolute Gasteiger partial charge is 0.283 e. The van der Waals surface area contributed by atoms with Gasteiger partial charge < -0.3 is 9.47 Å². The molecule has 2 aliphatic heterocycles. The molecule has 0 radical (unpaired) electrons. The molecule has 2 aromatic carbocycles. The van der Waals surface area contributed by atoms with E-state index in [1.165, 1.54) is 22.8 Å². The van der Waals surface area contributed by atoms with Crippen LogP contribution >= 0.6 is 11.8 Å². The lowest BCUT2D eigenvalue weighted by Crippen LogP contribution is -2.35. The minimum atomic E-state index is -0.489. The van der Waals surface area contributed by atoms with Crippen LogP contribution in [-0.2, 0) is 11.4 Å². The van der Waals surface area contributed by atoms with Gasteiger partial charge in [-0.15, -0.1) is 0 Å². The van der Waals surface area contributed by atoms with Crippen LogP contribution in [0.1, 0.15) is 31.9 Å². The molecule has 1 N–H and O–H groups in total. The Hall–Kier alpha value is -3.46. The van der Waals surface area contributed by atoms with Crippen molar-refractivity contribution in [2.75, 3.05) is 6.61 Å². The molecule has 4 rings (SSSR count). The van der Waals surface area contributed by atoms with E-state index < -0.39 is 5.91 Å². The van der Waals surface area contributed by atoms with Crippen LogP contribution in [0.4, 0.5) is 4.39 Å². The summed E-state index contributed by atoms with van der Waals surface area (Å²) in [5.74, 6) is 0.232. The Morgan fingerprint density at radius 1 is 1.18 bits per heavy atom. The summed E-state index contributed by atoms with van der Waals surface area (Å²) in [6.07, 6.45) is 1.58. The third-order valence-electron chi connectivity index (χ3n) is 4.88. The molecule has 33 heavy (non-hydrogen) atoms. The number of nitrogens with one attached hydrogen (secondary N) is 1. The third kappa shape index (κ3) is 4.83. The van der Waals surface area contributed by atoms with Crippen molar-refractivity contribution in [3.05, 3.63) is 65.0 Å². The van der Waals surface area contributed by atoms with Gasteiger partial charge in [-0.1, -0.05) is 38.1 Å². The fourth-order valence-corrected chi connectivity index (χ4v) is 4.07. The Morgan fingerprint density at radius 3 is 2.70 bits per heavy atom. The second-order valence-corrected chi connectivity index (χ2v) is 8.62. The summed E-state index contributed by atoms with van der Waals surface area (Å²) in [5, 5.41) is 15.5. The predicted molar refractivity (Wildman–Crippen MR) is 128 cm³/mol. The van der Waals surface area contributed by atoms with Crippen LogP contribution in [-0.4, -0.2) is 33.6 Å². The lowest BCUT2D eigenvalue weighted by atomic mass is 10.1. The highest BCUT2D eigenvalue weighted by Crippen LogP contribution is 2.33. The molecule has 0 unspecified atom stereocenters. The average molecular weight is 467 g/mol. The van der Waals surface area contributed by atoms with E-state index >= 15 is 0 Å². The van der Waals surface area contributed by atoms with Gasteiger partial charge in [-0.05, 0) is 48.5 Å². The number of nitrogens with zero attached hydrogens (tertiary/aromatic N) is 3. The molecule has 1 amide bonds. The molecule has 9 heteroatoms. The number of fused-ring (bicyclic) bond motifs is 1. The highest BCUT2D eigenvalue weighted by Gasteiger charge is 2.36. The van der Waals surface area contributed by atoms with E-state index in [9.17, 15) is 9.18 Å². The number of thioether (sulfide) groups is 1. The van der Waals surface area contributed by atoms with Crippen molar-refractivity contribution in [2.45, 2.75) is 27.4 Å². The molecule has 0 fully saturated rings. The molecule has 0 atom stereocenters. The zero-order valence-electron chi connectivity index (χ0n) is 18.5. The number of aliphatic imine (C=N–C) groups is 1. The number of hydrogen-bond acceptors (Lipinski definition) is 6. The maximum atomic E-state index is 13.9. The van der Waals surface area contributed by atoms with Crippen LogP contribution in [0, 0.1) is 17.1 Å². The van der Waals surface area contributed by atoms with Gasteiger partial charge in [0.1, 0.15) is 17.5 Å². The molecule has 0 saturated heterocycles. The van der Waals surface area contributed by atoms with Crippen LogP contribution in [0.5, 0.6) is 11.5 Å². The van der Waals surface area contributed by atoms with Crippen LogP contribution in [0.2, 0.25) is 0 Å². The standard InChI is InChI=1S/C24H23FN4O3S/c1-4-31-20-12-15(9-10-19(20)32-13-16-7-5-6-8-18(16)25)11-17-21(26)29-24(27-22(17)30)33-23(28-29)14(2)3/h5-12,14,26H,4,13H2,1-3H3/b17-11+,26-21?. The van der Waals surface area contributed by atoms with E-state index in [0.717, 1.165) is 5.04 Å². The van der Waals surface area contributed by atoms with Crippen molar-refractivity contribution in [1.82, 2.24) is 5.01 Å². The number of hydrogen-bond donors (Lipinski definition) is 1. The number of carbonyl (C=O) groups is 1. The summed E-state index contributed by atoms with van der Waals surface area (Å²) in [7, 11) is 0. The number of amidine groups is 2. The fourth-order valence-electron chi connectivity index (χ4n) is 3.18. The number of ether oxygens (including phenoxy) is 2. The first kappa shape index (κ1) is 22.7. The average Bonchev–Trinajstić information content (AvgIpc) is 3.22. The van der Waals surface area contributed by atoms with Crippen LogP contribution in [0.3, 0.4) is 0 Å². The quantitative estimate of drug-likeness (QED) is 0.575. The maximum Gasteiger partial charge on any atom is 0.283 e. The number of carbonyl (C=O) groups excluding carboxylic acids is 1. The molecular formula is C24H23FN4O3S. The second-order valence-electron chi connectivity index (χ2n) is 7.63. The highest BCUT2D eigenvalue weighted by atomic mass is 32.2. The molecule has 2 aliphatic rings. The molecular weight excluding hydrogens is 443 g/mol. The predicted octanol–water partition coefficient (Wildman–Crippen LogP) is 5.08. The zero-order valence-corrected chi connectivity index (χ0v) is 19.3. The summed E-state index contributed by atoms with van der Waals surface area (Å²) in [4.78, 5) is 16.7. The van der Waals surface area contributed by atoms with Gasteiger partial charge in [0.25, 0.3) is 5.91 Å². The Labute approximate surface area is 195 Å². The summed E-state index contributed by atoms with van der Waals surface area (Å²) in [6.45, 7) is 6.29. The normalized spacial score (nSPS) is 16.8. The van der Waals surface area contributed by atoms with Crippen molar-refractivity contribution < 1.29 is 18.7 Å². The topological polar surface area (TPSA) is 87.3 Å². The first-order valence-electron chi connectivity index (χ1n) is 10.5. The Balaban J connectivity index is 1.59. The van der Waals surface area contributed by atoms with E-state index in [-0.39, 0.29) is 29.8 Å². The first-order valence-corrected chi connectivity index (χ1v) is 11.3. The summed E-state index contributed by atoms with van der Waals surface area (Å²) in [5.41, 5.74) is 1.21. The minimum absolute atomic E-state index is 0.0222. The third-order valence-corrected chi connectivity index (χ3v) is 6.09. The highest BCUT2D eigenvalue weighted by molar-refractivity contribution is 8.27. The summed E-state index contributed by atoms with van der Waals surface area (Å²) < 4.78 is 25.4. The number of halogens is 1. The van der Waals surface area contributed by atoms with E-state index in [4.69, 9.17) is 14.9 Å². The Bertz CT molecular complexity index is 1210. The molecule has 0 bridgehead atoms. The van der Waals surface area contributed by atoms with Crippen molar-refractivity contribution in [1.29, 1.82) is 5.41 Å².